The van der Waals surface area contributed by atoms with Crippen molar-refractivity contribution in [2.75, 3.05) is 0 Å². The lowest BCUT2D eigenvalue weighted by atomic mass is 9.47. The Kier molecular flexibility index (Phi) is 6.07. The second-order valence-corrected chi connectivity index (χ2v) is 13.4. The first kappa shape index (κ1) is 23.5. The molecule has 4 aliphatic rings. The molecule has 3 fully saturated rings. The van der Waals surface area contributed by atoms with Gasteiger partial charge in [0.05, 0.1) is 6.10 Å². The van der Waals surface area contributed by atoms with Crippen LogP contribution in [0.15, 0.2) is 11.1 Å². The quantitative estimate of drug-likeness (QED) is 0.508. The minimum absolute atomic E-state index is 0.0589. The SMILES string of the molecule is CCCC1C2=C(C(C)C)C(=O)CC2(C)CCC1C1(C)CCC2C(CCC(O)C2(C)C)C1. The molecule has 31 heavy (non-hydrogen) atoms. The van der Waals surface area contributed by atoms with E-state index in [9.17, 15) is 9.90 Å². The van der Waals surface area contributed by atoms with E-state index in [1.54, 1.807) is 5.57 Å². The Morgan fingerprint density at radius 3 is 2.32 bits per heavy atom. The van der Waals surface area contributed by atoms with Crippen LogP contribution in [0.1, 0.15) is 113 Å². The highest BCUT2D eigenvalue weighted by Gasteiger charge is 2.56. The highest BCUT2D eigenvalue weighted by atomic mass is 16.3. The van der Waals surface area contributed by atoms with Crippen molar-refractivity contribution in [1.82, 2.24) is 0 Å². The van der Waals surface area contributed by atoms with Crippen LogP contribution >= 0.6 is 0 Å². The molecular weight excluding hydrogens is 380 g/mol. The summed E-state index contributed by atoms with van der Waals surface area (Å²) in [4.78, 5) is 13.1. The number of hydrogen-bond acceptors (Lipinski definition) is 2. The average molecular weight is 429 g/mol. The van der Waals surface area contributed by atoms with Crippen molar-refractivity contribution in [3.8, 4) is 0 Å². The molecule has 7 unspecified atom stereocenters. The molecule has 0 radical (unpaired) electrons. The number of fused-ring (bicyclic) bond motifs is 2. The van der Waals surface area contributed by atoms with Gasteiger partial charge in [0, 0.05) is 6.42 Å². The zero-order valence-corrected chi connectivity index (χ0v) is 21.4. The van der Waals surface area contributed by atoms with Gasteiger partial charge in [-0.3, -0.25) is 4.79 Å². The van der Waals surface area contributed by atoms with Crippen molar-refractivity contribution in [2.24, 2.45) is 45.8 Å². The third-order valence-corrected chi connectivity index (χ3v) is 10.7. The molecule has 7 atom stereocenters. The number of carbonyl (C=O) groups is 1. The first-order chi connectivity index (χ1) is 14.4. The Bertz CT molecular complexity index is 746. The maximum absolute atomic E-state index is 13.1. The highest BCUT2D eigenvalue weighted by Crippen LogP contribution is 2.64. The summed E-state index contributed by atoms with van der Waals surface area (Å²) in [7, 11) is 0. The maximum atomic E-state index is 13.1. The van der Waals surface area contributed by atoms with E-state index in [-0.39, 0.29) is 16.9 Å². The van der Waals surface area contributed by atoms with Gasteiger partial charge < -0.3 is 5.11 Å². The Labute approximate surface area is 191 Å². The van der Waals surface area contributed by atoms with Crippen molar-refractivity contribution in [3.05, 3.63) is 11.1 Å². The summed E-state index contributed by atoms with van der Waals surface area (Å²) in [5, 5.41) is 10.7. The fraction of sp³-hybridized carbons (Fsp3) is 0.897. The summed E-state index contributed by atoms with van der Waals surface area (Å²) < 4.78 is 0. The molecule has 0 aliphatic heterocycles. The van der Waals surface area contributed by atoms with E-state index in [0.717, 1.165) is 18.8 Å². The van der Waals surface area contributed by atoms with Crippen LogP contribution in [-0.2, 0) is 4.79 Å². The van der Waals surface area contributed by atoms with Gasteiger partial charge in [-0.1, -0.05) is 60.5 Å². The molecule has 0 aromatic carbocycles. The Morgan fingerprint density at radius 1 is 1.00 bits per heavy atom. The van der Waals surface area contributed by atoms with E-state index in [2.05, 4.69) is 48.5 Å². The Hall–Kier alpha value is -0.630. The third-order valence-electron chi connectivity index (χ3n) is 10.7. The fourth-order valence-corrected chi connectivity index (χ4v) is 9.07. The standard InChI is InChI=1S/C29H48O2/c1-8-9-20-22(13-15-29(7)17-23(30)25(18(2)3)26(20)29)28(6)14-12-21-19(16-28)10-11-24(31)27(21,4)5/h18-22,24,31H,8-17H2,1-7H3. The van der Waals surface area contributed by atoms with Gasteiger partial charge in [0.1, 0.15) is 0 Å². The highest BCUT2D eigenvalue weighted by molar-refractivity contribution is 6.00. The molecule has 1 N–H and O–H groups in total. The van der Waals surface area contributed by atoms with Gasteiger partial charge in [0.15, 0.2) is 5.78 Å². The first-order valence-electron chi connectivity index (χ1n) is 13.4. The molecule has 0 saturated heterocycles. The van der Waals surface area contributed by atoms with Crippen LogP contribution in [0.5, 0.6) is 0 Å². The number of ketones is 1. The first-order valence-corrected chi connectivity index (χ1v) is 13.4. The van der Waals surface area contributed by atoms with Gasteiger partial charge in [-0.15, -0.1) is 0 Å². The molecule has 2 nitrogen and oxygen atoms in total. The van der Waals surface area contributed by atoms with Gasteiger partial charge in [-0.25, -0.2) is 0 Å². The van der Waals surface area contributed by atoms with Crippen LogP contribution in [0.2, 0.25) is 0 Å². The minimum atomic E-state index is -0.135. The maximum Gasteiger partial charge on any atom is 0.159 e. The van der Waals surface area contributed by atoms with Gasteiger partial charge in [0.2, 0.25) is 0 Å². The van der Waals surface area contributed by atoms with E-state index in [1.165, 1.54) is 56.9 Å². The lowest BCUT2D eigenvalue weighted by Crippen LogP contribution is -2.51. The predicted molar refractivity (Wildman–Crippen MR) is 129 cm³/mol. The average Bonchev–Trinajstić information content (AvgIpc) is 2.95. The van der Waals surface area contributed by atoms with Crippen molar-refractivity contribution in [1.29, 1.82) is 0 Å². The molecule has 4 aliphatic carbocycles. The van der Waals surface area contributed by atoms with Crippen LogP contribution < -0.4 is 0 Å². The monoisotopic (exact) mass is 428 g/mol. The number of Topliss-reactive ketones (excluding diaryl/α,β-unsaturated/α-hetero) is 1. The minimum Gasteiger partial charge on any atom is -0.393 e. The van der Waals surface area contributed by atoms with Crippen LogP contribution in [0, 0.1) is 45.8 Å². The van der Waals surface area contributed by atoms with Crippen molar-refractivity contribution < 1.29 is 9.90 Å². The Balaban J connectivity index is 1.67. The van der Waals surface area contributed by atoms with E-state index < -0.39 is 0 Å². The summed E-state index contributed by atoms with van der Waals surface area (Å²) in [6, 6.07) is 0. The normalized spacial score (nSPS) is 45.1. The second kappa shape index (κ2) is 8.00. The Morgan fingerprint density at radius 2 is 1.68 bits per heavy atom. The molecule has 0 heterocycles. The number of allylic oxidation sites excluding steroid dienone is 2. The number of aliphatic hydroxyl groups is 1. The molecule has 3 saturated carbocycles. The fourth-order valence-electron chi connectivity index (χ4n) is 9.07. The largest absolute Gasteiger partial charge is 0.393 e. The van der Waals surface area contributed by atoms with Crippen LogP contribution in [0.3, 0.4) is 0 Å². The lowest BCUT2D eigenvalue weighted by Gasteiger charge is -2.58. The van der Waals surface area contributed by atoms with Gasteiger partial charge >= 0.3 is 0 Å². The van der Waals surface area contributed by atoms with E-state index in [0.29, 0.717) is 34.9 Å². The molecule has 176 valence electrons. The number of rotatable bonds is 4. The van der Waals surface area contributed by atoms with Crippen molar-refractivity contribution in [3.63, 3.8) is 0 Å². The molecule has 4 rings (SSSR count). The van der Waals surface area contributed by atoms with E-state index in [4.69, 9.17) is 0 Å². The summed E-state index contributed by atoms with van der Waals surface area (Å²) >= 11 is 0. The number of hydrogen-bond donors (Lipinski definition) is 1. The summed E-state index contributed by atoms with van der Waals surface area (Å²) in [6.07, 6.45) is 11.6. The number of carbonyl (C=O) groups excluding carboxylic acids is 1. The van der Waals surface area contributed by atoms with Crippen molar-refractivity contribution in [2.45, 2.75) is 119 Å². The molecule has 0 amide bonds. The van der Waals surface area contributed by atoms with Gasteiger partial charge in [0.25, 0.3) is 0 Å². The topological polar surface area (TPSA) is 37.3 Å². The second-order valence-electron chi connectivity index (χ2n) is 13.4. The van der Waals surface area contributed by atoms with E-state index in [1.807, 2.05) is 0 Å². The zero-order chi connectivity index (χ0) is 22.8. The van der Waals surface area contributed by atoms with Gasteiger partial charge in [-0.05, 0) is 103 Å². The summed E-state index contributed by atoms with van der Waals surface area (Å²) in [5.41, 5.74) is 3.36. The summed E-state index contributed by atoms with van der Waals surface area (Å²) in [6.45, 7) is 16.4. The van der Waals surface area contributed by atoms with Crippen molar-refractivity contribution >= 4 is 5.78 Å². The lowest BCUT2D eigenvalue weighted by molar-refractivity contribution is -0.116. The molecule has 0 bridgehead atoms. The van der Waals surface area contributed by atoms with Crippen LogP contribution in [0.25, 0.3) is 0 Å². The zero-order valence-electron chi connectivity index (χ0n) is 21.4. The summed E-state index contributed by atoms with van der Waals surface area (Å²) in [5.74, 6) is 3.54. The third kappa shape index (κ3) is 3.68. The smallest absolute Gasteiger partial charge is 0.159 e. The van der Waals surface area contributed by atoms with Gasteiger partial charge in [-0.2, -0.15) is 0 Å². The molecule has 0 spiro atoms. The molecular formula is C29H48O2. The van der Waals surface area contributed by atoms with E-state index >= 15 is 0 Å². The van der Waals surface area contributed by atoms with Crippen LogP contribution in [0.4, 0.5) is 0 Å². The molecule has 0 aromatic rings. The van der Waals surface area contributed by atoms with Crippen LogP contribution in [-0.4, -0.2) is 17.0 Å². The molecule has 2 heteroatoms. The predicted octanol–water partition coefficient (Wildman–Crippen LogP) is 7.35. The number of aliphatic hydroxyl groups excluding tert-OH is 1. The molecule has 0 aromatic heterocycles.